The summed E-state index contributed by atoms with van der Waals surface area (Å²) in [7, 11) is 1.86. The minimum Gasteiger partial charge on any atom is -0.460 e. The summed E-state index contributed by atoms with van der Waals surface area (Å²) in [5, 5.41) is 4.43. The number of pyridine rings is 1. The van der Waals surface area contributed by atoms with Crippen LogP contribution in [0.15, 0.2) is 37.1 Å². The molecule has 0 aromatic carbocycles. The first kappa shape index (κ1) is 17.7. The summed E-state index contributed by atoms with van der Waals surface area (Å²) in [6, 6.07) is 1.63. The van der Waals surface area contributed by atoms with Crippen LogP contribution in [0.4, 0.5) is 10.2 Å². The van der Waals surface area contributed by atoms with Gasteiger partial charge in [0, 0.05) is 68.9 Å². The second-order valence-electron chi connectivity index (χ2n) is 6.42. The fraction of sp³-hybridized carbons (Fsp3) is 0.333. The number of halogens is 2. The Bertz CT molecular complexity index is 924. The van der Waals surface area contributed by atoms with Crippen molar-refractivity contribution in [1.29, 1.82) is 0 Å². The normalized spacial score (nSPS) is 15.1. The smallest absolute Gasteiger partial charge is 0.316 e. The van der Waals surface area contributed by atoms with Gasteiger partial charge in [-0.15, -0.1) is 0 Å². The van der Waals surface area contributed by atoms with Crippen molar-refractivity contribution in [3.63, 3.8) is 0 Å². The zero-order chi connectivity index (χ0) is 18.8. The molecule has 27 heavy (non-hydrogen) atoms. The molecule has 1 aliphatic heterocycles. The number of piperidine rings is 1. The molecule has 0 bridgehead atoms. The summed E-state index contributed by atoms with van der Waals surface area (Å²) >= 11 is 5.76. The Morgan fingerprint density at radius 2 is 1.81 bits per heavy atom. The van der Waals surface area contributed by atoms with Gasteiger partial charge in [-0.1, -0.05) is 11.6 Å². The number of hydrogen-bond donors (Lipinski definition) is 0. The largest absolute Gasteiger partial charge is 0.460 e. The molecule has 0 spiro atoms. The molecule has 3 aromatic rings. The van der Waals surface area contributed by atoms with Gasteiger partial charge in [0.1, 0.15) is 6.10 Å². The Labute approximate surface area is 160 Å². The summed E-state index contributed by atoms with van der Waals surface area (Å²) in [5.74, 6) is -0.0777. The highest BCUT2D eigenvalue weighted by atomic mass is 35.5. The fourth-order valence-electron chi connectivity index (χ4n) is 3.07. The molecule has 0 radical (unpaired) electrons. The highest BCUT2D eigenvalue weighted by Gasteiger charge is 2.24. The predicted octanol–water partition coefficient (Wildman–Crippen LogP) is 3.11. The average Bonchev–Trinajstić information content (AvgIpc) is 3.10. The zero-order valence-electron chi connectivity index (χ0n) is 14.7. The molecule has 0 saturated carbocycles. The van der Waals surface area contributed by atoms with Crippen LogP contribution >= 0.6 is 11.6 Å². The van der Waals surface area contributed by atoms with Crippen LogP contribution in [0, 0.1) is 5.82 Å². The van der Waals surface area contributed by atoms with Gasteiger partial charge in [0.05, 0.1) is 11.2 Å². The zero-order valence-corrected chi connectivity index (χ0v) is 15.5. The van der Waals surface area contributed by atoms with Gasteiger partial charge in [0.15, 0.2) is 11.6 Å². The van der Waals surface area contributed by atoms with E-state index in [2.05, 4.69) is 20.1 Å². The quantitative estimate of drug-likeness (QED) is 0.684. The van der Waals surface area contributed by atoms with Gasteiger partial charge >= 0.3 is 6.01 Å². The molecule has 140 valence electrons. The molecule has 0 aliphatic carbocycles. The monoisotopic (exact) mass is 388 g/mol. The molecule has 4 rings (SSSR count). The van der Waals surface area contributed by atoms with Crippen LogP contribution < -0.4 is 9.64 Å². The van der Waals surface area contributed by atoms with E-state index in [-0.39, 0.29) is 6.10 Å². The maximum atomic E-state index is 14.0. The Balaban J connectivity index is 1.35. The third-order valence-electron chi connectivity index (χ3n) is 4.47. The first-order valence-electron chi connectivity index (χ1n) is 8.62. The standard InChI is InChI=1S/C18H18ClFN6O/c1-25-11-13(9-24-25)12-7-22-18(23-8-12)27-15-2-4-26(5-3-15)17-16(20)6-14(19)10-21-17/h6-11,15H,2-5H2,1H3. The third-order valence-corrected chi connectivity index (χ3v) is 4.68. The van der Waals surface area contributed by atoms with Crippen LogP contribution in [0.25, 0.3) is 11.1 Å². The van der Waals surface area contributed by atoms with Crippen molar-refractivity contribution in [3.8, 4) is 17.1 Å². The van der Waals surface area contributed by atoms with Crippen LogP contribution in [0.3, 0.4) is 0 Å². The summed E-state index contributed by atoms with van der Waals surface area (Å²) in [5.41, 5.74) is 1.84. The van der Waals surface area contributed by atoms with Crippen molar-refractivity contribution in [3.05, 3.63) is 47.9 Å². The van der Waals surface area contributed by atoms with Gasteiger partial charge in [0.25, 0.3) is 0 Å². The summed E-state index contributed by atoms with van der Waals surface area (Å²) < 4.78 is 21.6. The number of hydrogen-bond acceptors (Lipinski definition) is 6. The summed E-state index contributed by atoms with van der Waals surface area (Å²) in [6.45, 7) is 1.29. The van der Waals surface area contributed by atoms with E-state index in [0.29, 0.717) is 29.9 Å². The number of rotatable bonds is 4. The molecule has 1 aliphatic rings. The van der Waals surface area contributed by atoms with Crippen molar-refractivity contribution in [2.75, 3.05) is 18.0 Å². The topological polar surface area (TPSA) is 69.0 Å². The second kappa shape index (κ2) is 7.48. The van der Waals surface area contributed by atoms with Crippen LogP contribution in [-0.2, 0) is 7.05 Å². The minimum atomic E-state index is -0.406. The third kappa shape index (κ3) is 4.00. The van der Waals surface area contributed by atoms with Crippen molar-refractivity contribution in [2.24, 2.45) is 7.05 Å². The molecule has 1 fully saturated rings. The molecule has 0 unspecified atom stereocenters. The van der Waals surface area contributed by atoms with E-state index in [0.717, 1.165) is 24.0 Å². The lowest BCUT2D eigenvalue weighted by Crippen LogP contribution is -2.39. The number of ether oxygens (including phenoxy) is 1. The van der Waals surface area contributed by atoms with Crippen LogP contribution in [0.2, 0.25) is 5.02 Å². The Hall–Kier alpha value is -2.74. The van der Waals surface area contributed by atoms with E-state index in [9.17, 15) is 4.39 Å². The Morgan fingerprint density at radius 1 is 1.07 bits per heavy atom. The van der Waals surface area contributed by atoms with E-state index in [1.807, 2.05) is 18.1 Å². The van der Waals surface area contributed by atoms with E-state index in [4.69, 9.17) is 16.3 Å². The number of aryl methyl sites for hydroxylation is 1. The first-order chi connectivity index (χ1) is 13.1. The number of nitrogens with zero attached hydrogens (tertiary/aromatic N) is 6. The lowest BCUT2D eigenvalue weighted by molar-refractivity contribution is 0.156. The number of anilines is 1. The maximum Gasteiger partial charge on any atom is 0.316 e. The summed E-state index contributed by atoms with van der Waals surface area (Å²) in [6.07, 6.45) is 10.0. The maximum absolute atomic E-state index is 14.0. The van der Waals surface area contributed by atoms with Crippen molar-refractivity contribution in [1.82, 2.24) is 24.7 Å². The SMILES string of the molecule is Cn1cc(-c2cnc(OC3CCN(c4ncc(Cl)cc4F)CC3)nc2)cn1. The van der Waals surface area contributed by atoms with E-state index in [1.165, 1.54) is 12.3 Å². The van der Waals surface area contributed by atoms with Crippen molar-refractivity contribution >= 4 is 17.4 Å². The van der Waals surface area contributed by atoms with Gasteiger partial charge in [-0.2, -0.15) is 5.10 Å². The van der Waals surface area contributed by atoms with Crippen molar-refractivity contribution in [2.45, 2.75) is 18.9 Å². The molecule has 4 heterocycles. The molecular formula is C18H18ClFN6O. The Kier molecular flexibility index (Phi) is 4.89. The molecule has 0 amide bonds. The molecule has 1 saturated heterocycles. The van der Waals surface area contributed by atoms with Gasteiger partial charge in [-0.3, -0.25) is 4.68 Å². The molecule has 0 N–H and O–H groups in total. The first-order valence-corrected chi connectivity index (χ1v) is 9.00. The van der Waals surface area contributed by atoms with E-state index < -0.39 is 5.82 Å². The summed E-state index contributed by atoms with van der Waals surface area (Å²) in [4.78, 5) is 14.6. The number of aromatic nitrogens is 5. The van der Waals surface area contributed by atoms with Crippen LogP contribution in [-0.4, -0.2) is 43.9 Å². The molecule has 7 nitrogen and oxygen atoms in total. The van der Waals surface area contributed by atoms with E-state index in [1.54, 1.807) is 23.3 Å². The lowest BCUT2D eigenvalue weighted by atomic mass is 10.1. The van der Waals surface area contributed by atoms with Crippen LogP contribution in [0.5, 0.6) is 6.01 Å². The molecular weight excluding hydrogens is 371 g/mol. The van der Waals surface area contributed by atoms with Gasteiger partial charge < -0.3 is 9.64 Å². The molecule has 3 aromatic heterocycles. The average molecular weight is 389 g/mol. The highest BCUT2D eigenvalue weighted by Crippen LogP contribution is 2.25. The van der Waals surface area contributed by atoms with Crippen LogP contribution in [0.1, 0.15) is 12.8 Å². The lowest BCUT2D eigenvalue weighted by Gasteiger charge is -2.32. The molecule has 0 atom stereocenters. The minimum absolute atomic E-state index is 0.0131. The second-order valence-corrected chi connectivity index (χ2v) is 6.86. The van der Waals surface area contributed by atoms with Gasteiger partial charge in [-0.25, -0.2) is 19.3 Å². The predicted molar refractivity (Wildman–Crippen MR) is 99.3 cm³/mol. The van der Waals surface area contributed by atoms with E-state index >= 15 is 0 Å². The molecule has 9 heteroatoms. The highest BCUT2D eigenvalue weighted by molar-refractivity contribution is 6.30. The van der Waals surface area contributed by atoms with Crippen molar-refractivity contribution < 1.29 is 9.13 Å². The Morgan fingerprint density at radius 3 is 2.44 bits per heavy atom. The van der Waals surface area contributed by atoms with Gasteiger partial charge in [-0.05, 0) is 6.07 Å². The van der Waals surface area contributed by atoms with Gasteiger partial charge in [0.2, 0.25) is 0 Å². The fourth-order valence-corrected chi connectivity index (χ4v) is 3.22.